The van der Waals surface area contributed by atoms with Gasteiger partial charge in [0.1, 0.15) is 5.75 Å². The Bertz CT molecular complexity index is 717. The Morgan fingerprint density at radius 3 is 2.48 bits per heavy atom. The lowest BCUT2D eigenvalue weighted by atomic mass is 10.1. The molecular weight excluding hydrogens is 333 g/mol. The number of para-hydroxylation sites is 2. The summed E-state index contributed by atoms with van der Waals surface area (Å²) in [5.41, 5.74) is -0.121. The van der Waals surface area contributed by atoms with E-state index in [9.17, 15) is 18.0 Å². The first-order valence-corrected chi connectivity index (χ1v) is 7.70. The molecule has 0 saturated carbocycles. The number of amides is 1. The maximum Gasteiger partial charge on any atom is 0.418 e. The van der Waals surface area contributed by atoms with Gasteiger partial charge < -0.3 is 15.4 Å². The maximum atomic E-state index is 12.9. The fourth-order valence-corrected chi connectivity index (χ4v) is 2.37. The number of benzene rings is 2. The highest BCUT2D eigenvalue weighted by Crippen LogP contribution is 2.34. The number of halogens is 3. The number of carbonyl (C=O) groups excluding carboxylic acids is 1. The molecular formula is C18H19F3N2O2. The van der Waals surface area contributed by atoms with Crippen LogP contribution in [0.25, 0.3) is 0 Å². The smallest absolute Gasteiger partial charge is 0.418 e. The van der Waals surface area contributed by atoms with Crippen LogP contribution in [0.3, 0.4) is 0 Å². The van der Waals surface area contributed by atoms with Gasteiger partial charge in [-0.3, -0.25) is 4.79 Å². The Labute approximate surface area is 144 Å². The van der Waals surface area contributed by atoms with Crippen LogP contribution in [0.1, 0.15) is 11.1 Å². The summed E-state index contributed by atoms with van der Waals surface area (Å²) in [6.07, 6.45) is -3.88. The second-order valence-electron chi connectivity index (χ2n) is 5.33. The third-order valence-corrected chi connectivity index (χ3v) is 3.56. The van der Waals surface area contributed by atoms with Crippen molar-refractivity contribution in [3.05, 3.63) is 59.7 Å². The zero-order valence-electron chi connectivity index (χ0n) is 13.7. The minimum atomic E-state index is -4.51. The van der Waals surface area contributed by atoms with Crippen LogP contribution >= 0.6 is 0 Å². The van der Waals surface area contributed by atoms with E-state index in [1.165, 1.54) is 18.2 Å². The predicted molar refractivity (Wildman–Crippen MR) is 89.6 cm³/mol. The second kappa shape index (κ2) is 8.53. The van der Waals surface area contributed by atoms with E-state index >= 15 is 0 Å². The molecule has 134 valence electrons. The molecule has 0 radical (unpaired) electrons. The van der Waals surface area contributed by atoms with Gasteiger partial charge in [-0.2, -0.15) is 13.2 Å². The van der Waals surface area contributed by atoms with Crippen LogP contribution in [0.15, 0.2) is 48.5 Å². The molecule has 0 saturated heterocycles. The Hall–Kier alpha value is -2.54. The lowest BCUT2D eigenvalue weighted by Gasteiger charge is -2.14. The van der Waals surface area contributed by atoms with Gasteiger partial charge in [0.15, 0.2) is 0 Å². The van der Waals surface area contributed by atoms with E-state index in [0.717, 1.165) is 17.4 Å². The number of hydrogen-bond donors (Lipinski definition) is 2. The van der Waals surface area contributed by atoms with Crippen LogP contribution in [0.4, 0.5) is 18.9 Å². The van der Waals surface area contributed by atoms with Gasteiger partial charge >= 0.3 is 6.18 Å². The van der Waals surface area contributed by atoms with Gasteiger partial charge in [0, 0.05) is 0 Å². The SMILES string of the molecule is COc1ccccc1CCNCC(=O)Nc1ccccc1C(F)(F)F. The third kappa shape index (κ3) is 5.49. The molecule has 0 fully saturated rings. The maximum absolute atomic E-state index is 12.9. The molecule has 7 heteroatoms. The first-order valence-electron chi connectivity index (χ1n) is 7.70. The van der Waals surface area contributed by atoms with Crippen LogP contribution < -0.4 is 15.4 Å². The summed E-state index contributed by atoms with van der Waals surface area (Å²) in [5.74, 6) is 0.226. The molecule has 1 amide bonds. The Morgan fingerprint density at radius 2 is 1.76 bits per heavy atom. The molecule has 0 atom stereocenters. The van der Waals surface area contributed by atoms with E-state index in [2.05, 4.69) is 10.6 Å². The normalized spacial score (nSPS) is 11.2. The second-order valence-corrected chi connectivity index (χ2v) is 5.33. The van der Waals surface area contributed by atoms with Crippen molar-refractivity contribution < 1.29 is 22.7 Å². The first kappa shape index (κ1) is 18.8. The van der Waals surface area contributed by atoms with Crippen molar-refractivity contribution in [2.45, 2.75) is 12.6 Å². The molecule has 4 nitrogen and oxygen atoms in total. The quantitative estimate of drug-likeness (QED) is 0.750. The van der Waals surface area contributed by atoms with Gasteiger partial charge in [0.2, 0.25) is 5.91 Å². The Morgan fingerprint density at radius 1 is 1.08 bits per heavy atom. The lowest BCUT2D eigenvalue weighted by Crippen LogP contribution is -2.30. The molecule has 2 rings (SSSR count). The zero-order valence-corrected chi connectivity index (χ0v) is 13.7. The average molecular weight is 352 g/mol. The molecule has 0 spiro atoms. The summed E-state index contributed by atoms with van der Waals surface area (Å²) < 4.78 is 43.9. The molecule has 0 aromatic heterocycles. The van der Waals surface area contributed by atoms with E-state index < -0.39 is 17.6 Å². The summed E-state index contributed by atoms with van der Waals surface area (Å²) in [6.45, 7) is 0.413. The number of carbonyl (C=O) groups is 1. The van der Waals surface area contributed by atoms with Gasteiger partial charge in [0.05, 0.1) is 24.9 Å². The first-order chi connectivity index (χ1) is 11.9. The molecule has 0 unspecified atom stereocenters. The summed E-state index contributed by atoms with van der Waals surface area (Å²) in [6, 6.07) is 12.4. The van der Waals surface area contributed by atoms with E-state index in [1.807, 2.05) is 24.3 Å². The van der Waals surface area contributed by atoms with Crippen molar-refractivity contribution in [3.63, 3.8) is 0 Å². The molecule has 0 heterocycles. The van der Waals surface area contributed by atoms with Gasteiger partial charge in [-0.05, 0) is 36.7 Å². The minimum absolute atomic E-state index is 0.0820. The predicted octanol–water partition coefficient (Wildman–Crippen LogP) is 3.48. The topological polar surface area (TPSA) is 50.4 Å². The van der Waals surface area contributed by atoms with Crippen molar-refractivity contribution in [2.24, 2.45) is 0 Å². The molecule has 2 aromatic carbocycles. The largest absolute Gasteiger partial charge is 0.496 e. The molecule has 0 aliphatic rings. The van der Waals surface area contributed by atoms with Crippen molar-refractivity contribution in [2.75, 3.05) is 25.5 Å². The highest BCUT2D eigenvalue weighted by Gasteiger charge is 2.33. The van der Waals surface area contributed by atoms with Crippen molar-refractivity contribution in [3.8, 4) is 5.75 Å². The van der Waals surface area contributed by atoms with Crippen LogP contribution in [0, 0.1) is 0 Å². The Balaban J connectivity index is 1.84. The highest BCUT2D eigenvalue weighted by molar-refractivity contribution is 5.93. The van der Waals surface area contributed by atoms with Gasteiger partial charge in [-0.1, -0.05) is 30.3 Å². The molecule has 0 bridgehead atoms. The molecule has 2 aromatic rings. The molecule has 2 N–H and O–H groups in total. The summed E-state index contributed by atoms with van der Waals surface area (Å²) in [5, 5.41) is 5.21. The number of anilines is 1. The lowest BCUT2D eigenvalue weighted by molar-refractivity contribution is -0.137. The number of ether oxygens (including phenoxy) is 1. The Kier molecular flexibility index (Phi) is 6.41. The van der Waals surface area contributed by atoms with E-state index in [0.29, 0.717) is 13.0 Å². The summed E-state index contributed by atoms with van der Waals surface area (Å²) >= 11 is 0. The van der Waals surface area contributed by atoms with Crippen LogP contribution in [-0.2, 0) is 17.4 Å². The number of hydrogen-bond acceptors (Lipinski definition) is 3. The van der Waals surface area contributed by atoms with Crippen LogP contribution in [0.2, 0.25) is 0 Å². The standard InChI is InChI=1S/C18H19F3N2O2/c1-25-16-9-5-2-6-13(16)10-11-22-12-17(24)23-15-8-4-3-7-14(15)18(19,20)21/h2-9,22H,10-12H2,1H3,(H,23,24). The van der Waals surface area contributed by atoms with Gasteiger partial charge in [0.25, 0.3) is 0 Å². The third-order valence-electron chi connectivity index (χ3n) is 3.56. The van der Waals surface area contributed by atoms with Crippen LogP contribution in [-0.4, -0.2) is 26.1 Å². The van der Waals surface area contributed by atoms with Crippen molar-refractivity contribution in [1.82, 2.24) is 5.32 Å². The summed E-state index contributed by atoms with van der Waals surface area (Å²) in [4.78, 5) is 11.9. The van der Waals surface area contributed by atoms with E-state index in [-0.39, 0.29) is 12.2 Å². The number of nitrogens with one attached hydrogen (secondary N) is 2. The van der Waals surface area contributed by atoms with Crippen LogP contribution in [0.5, 0.6) is 5.75 Å². The van der Waals surface area contributed by atoms with E-state index in [1.54, 1.807) is 7.11 Å². The summed E-state index contributed by atoms with van der Waals surface area (Å²) in [7, 11) is 1.58. The minimum Gasteiger partial charge on any atom is -0.496 e. The molecule has 25 heavy (non-hydrogen) atoms. The fraction of sp³-hybridized carbons (Fsp3) is 0.278. The zero-order chi connectivity index (χ0) is 18.3. The molecule has 0 aliphatic heterocycles. The van der Waals surface area contributed by atoms with E-state index in [4.69, 9.17) is 4.74 Å². The van der Waals surface area contributed by atoms with Crippen molar-refractivity contribution in [1.29, 1.82) is 0 Å². The number of rotatable bonds is 7. The monoisotopic (exact) mass is 352 g/mol. The van der Waals surface area contributed by atoms with Gasteiger partial charge in [-0.15, -0.1) is 0 Å². The van der Waals surface area contributed by atoms with Gasteiger partial charge in [-0.25, -0.2) is 0 Å². The fourth-order valence-electron chi connectivity index (χ4n) is 2.37. The molecule has 0 aliphatic carbocycles. The number of alkyl halides is 3. The van der Waals surface area contributed by atoms with Crippen molar-refractivity contribution >= 4 is 11.6 Å². The highest BCUT2D eigenvalue weighted by atomic mass is 19.4. The average Bonchev–Trinajstić information content (AvgIpc) is 2.58. The number of methoxy groups -OCH3 is 1.